The van der Waals surface area contributed by atoms with Gasteiger partial charge in [-0.15, -0.1) is 0 Å². The Kier molecular flexibility index (Phi) is 6.02. The van der Waals surface area contributed by atoms with Gasteiger partial charge in [-0.1, -0.05) is 12.1 Å². The Balaban J connectivity index is 1.92. The molecule has 1 heterocycles. The summed E-state index contributed by atoms with van der Waals surface area (Å²) in [6.07, 6.45) is 3.08. The molecule has 1 fully saturated rings. The molecular formula is C16H25N3O2. The van der Waals surface area contributed by atoms with Crippen LogP contribution in [0, 0.1) is 0 Å². The van der Waals surface area contributed by atoms with E-state index in [0.717, 1.165) is 44.6 Å². The normalized spacial score (nSPS) is 16.1. The van der Waals surface area contributed by atoms with E-state index in [9.17, 15) is 4.79 Å². The molecule has 116 valence electrons. The van der Waals surface area contributed by atoms with Crippen LogP contribution in [-0.4, -0.2) is 50.1 Å². The lowest BCUT2D eigenvalue weighted by Gasteiger charge is -2.33. The van der Waals surface area contributed by atoms with Crippen LogP contribution in [0.5, 0.6) is 5.75 Å². The first-order chi connectivity index (χ1) is 10.2. The van der Waals surface area contributed by atoms with E-state index in [1.807, 2.05) is 12.1 Å². The molecule has 0 aromatic heterocycles. The second-order valence-electron chi connectivity index (χ2n) is 5.52. The van der Waals surface area contributed by atoms with Crippen LogP contribution in [0.3, 0.4) is 0 Å². The van der Waals surface area contributed by atoms with Crippen molar-refractivity contribution in [3.05, 3.63) is 29.8 Å². The molecule has 1 saturated heterocycles. The number of carbonyl (C=O) groups excluding carboxylic acids is 1. The van der Waals surface area contributed by atoms with Crippen molar-refractivity contribution >= 4 is 5.91 Å². The molecule has 0 saturated carbocycles. The van der Waals surface area contributed by atoms with Gasteiger partial charge in [-0.2, -0.15) is 0 Å². The molecule has 3 N–H and O–H groups in total. The molecule has 0 atom stereocenters. The average Bonchev–Trinajstić information content (AvgIpc) is 2.52. The van der Waals surface area contributed by atoms with Crippen LogP contribution >= 0.6 is 0 Å². The van der Waals surface area contributed by atoms with Crippen LogP contribution in [-0.2, 0) is 11.2 Å². The average molecular weight is 291 g/mol. The maximum atomic E-state index is 11.3. The molecule has 1 aromatic rings. The number of ether oxygens (including phenoxy) is 1. The van der Waals surface area contributed by atoms with Crippen molar-refractivity contribution in [1.29, 1.82) is 0 Å². The van der Waals surface area contributed by atoms with Crippen molar-refractivity contribution in [2.75, 3.05) is 33.3 Å². The first kappa shape index (κ1) is 15.8. The number of piperidine rings is 1. The lowest BCUT2D eigenvalue weighted by molar-refractivity contribution is -0.119. The van der Waals surface area contributed by atoms with Crippen LogP contribution in [0.1, 0.15) is 18.4 Å². The molecule has 1 amide bonds. The van der Waals surface area contributed by atoms with Crippen molar-refractivity contribution in [2.45, 2.75) is 25.3 Å². The van der Waals surface area contributed by atoms with E-state index in [-0.39, 0.29) is 5.91 Å². The zero-order valence-electron chi connectivity index (χ0n) is 12.7. The van der Waals surface area contributed by atoms with E-state index in [1.54, 1.807) is 7.11 Å². The summed E-state index contributed by atoms with van der Waals surface area (Å²) in [5.41, 5.74) is 6.64. The largest absolute Gasteiger partial charge is 0.497 e. The zero-order valence-corrected chi connectivity index (χ0v) is 12.7. The van der Waals surface area contributed by atoms with E-state index < -0.39 is 0 Å². The van der Waals surface area contributed by atoms with Gasteiger partial charge in [0.15, 0.2) is 0 Å². The smallest absolute Gasteiger partial charge is 0.231 e. The van der Waals surface area contributed by atoms with Gasteiger partial charge in [0.1, 0.15) is 5.75 Å². The van der Waals surface area contributed by atoms with Crippen molar-refractivity contribution in [3.63, 3.8) is 0 Å². The molecule has 0 bridgehead atoms. The summed E-state index contributed by atoms with van der Waals surface area (Å²) in [6, 6.07) is 8.54. The molecule has 0 unspecified atom stereocenters. The van der Waals surface area contributed by atoms with Crippen LogP contribution in [0.15, 0.2) is 24.3 Å². The fourth-order valence-electron chi connectivity index (χ4n) is 2.83. The standard InChI is InChI=1S/C16H25N3O2/c1-21-15-4-2-13(3-5-15)8-11-19(12-16(17)20)14-6-9-18-10-7-14/h2-5,14,18H,6-12H2,1H3,(H2,17,20). The summed E-state index contributed by atoms with van der Waals surface area (Å²) < 4.78 is 5.16. The number of nitrogens with zero attached hydrogens (tertiary/aromatic N) is 1. The minimum atomic E-state index is -0.247. The van der Waals surface area contributed by atoms with Crippen LogP contribution in [0.25, 0.3) is 0 Å². The zero-order chi connectivity index (χ0) is 15.1. The van der Waals surface area contributed by atoms with Crippen LogP contribution < -0.4 is 15.8 Å². The summed E-state index contributed by atoms with van der Waals surface area (Å²) in [7, 11) is 1.67. The number of nitrogens with one attached hydrogen (secondary N) is 1. The lowest BCUT2D eigenvalue weighted by atomic mass is 10.0. The van der Waals surface area contributed by atoms with E-state index in [0.29, 0.717) is 12.6 Å². The van der Waals surface area contributed by atoms with E-state index >= 15 is 0 Å². The monoisotopic (exact) mass is 291 g/mol. The van der Waals surface area contributed by atoms with Gasteiger partial charge >= 0.3 is 0 Å². The van der Waals surface area contributed by atoms with Crippen molar-refractivity contribution in [2.24, 2.45) is 5.73 Å². The Hall–Kier alpha value is -1.59. The van der Waals surface area contributed by atoms with Crippen molar-refractivity contribution in [3.8, 4) is 5.75 Å². The molecule has 0 spiro atoms. The summed E-state index contributed by atoms with van der Waals surface area (Å²) in [4.78, 5) is 13.5. The summed E-state index contributed by atoms with van der Waals surface area (Å²) in [5.74, 6) is 0.620. The molecule has 1 aliphatic heterocycles. The van der Waals surface area contributed by atoms with Gasteiger partial charge in [0.25, 0.3) is 0 Å². The summed E-state index contributed by atoms with van der Waals surface area (Å²) in [6.45, 7) is 3.24. The molecular weight excluding hydrogens is 266 g/mol. The number of nitrogens with two attached hydrogens (primary N) is 1. The topological polar surface area (TPSA) is 67.6 Å². The van der Waals surface area contributed by atoms with Crippen LogP contribution in [0.4, 0.5) is 0 Å². The number of rotatable bonds is 7. The minimum absolute atomic E-state index is 0.247. The minimum Gasteiger partial charge on any atom is -0.497 e. The Morgan fingerprint density at radius 2 is 2.00 bits per heavy atom. The number of hydrogen-bond donors (Lipinski definition) is 2. The highest BCUT2D eigenvalue weighted by Crippen LogP contribution is 2.15. The highest BCUT2D eigenvalue weighted by atomic mass is 16.5. The Morgan fingerprint density at radius 1 is 1.33 bits per heavy atom. The van der Waals surface area contributed by atoms with Gasteiger partial charge in [0.05, 0.1) is 13.7 Å². The predicted octanol–water partition coefficient (Wildman–Crippen LogP) is 0.777. The van der Waals surface area contributed by atoms with Crippen molar-refractivity contribution in [1.82, 2.24) is 10.2 Å². The first-order valence-corrected chi connectivity index (χ1v) is 7.55. The van der Waals surface area contributed by atoms with Crippen LogP contribution in [0.2, 0.25) is 0 Å². The molecule has 5 nitrogen and oxygen atoms in total. The van der Waals surface area contributed by atoms with Gasteiger partial charge in [0.2, 0.25) is 5.91 Å². The van der Waals surface area contributed by atoms with Gasteiger partial charge in [-0.25, -0.2) is 0 Å². The second kappa shape index (κ2) is 8.00. The van der Waals surface area contributed by atoms with Gasteiger partial charge in [-0.05, 0) is 50.0 Å². The summed E-state index contributed by atoms with van der Waals surface area (Å²) in [5, 5.41) is 3.35. The molecule has 0 aliphatic carbocycles. The number of carbonyl (C=O) groups is 1. The Labute approximate surface area is 126 Å². The third kappa shape index (κ3) is 5.02. The molecule has 2 rings (SSSR count). The fraction of sp³-hybridized carbons (Fsp3) is 0.562. The maximum Gasteiger partial charge on any atom is 0.231 e. The summed E-state index contributed by atoms with van der Waals surface area (Å²) >= 11 is 0. The molecule has 5 heteroatoms. The number of hydrogen-bond acceptors (Lipinski definition) is 4. The third-order valence-electron chi connectivity index (χ3n) is 4.03. The Bertz CT molecular complexity index is 441. The van der Waals surface area contributed by atoms with E-state index in [4.69, 9.17) is 10.5 Å². The fourth-order valence-corrected chi connectivity index (χ4v) is 2.83. The van der Waals surface area contributed by atoms with Gasteiger partial charge in [0, 0.05) is 12.6 Å². The molecule has 1 aromatic carbocycles. The molecule has 1 aliphatic rings. The third-order valence-corrected chi connectivity index (χ3v) is 4.03. The number of amides is 1. The number of primary amides is 1. The highest BCUT2D eigenvalue weighted by molar-refractivity contribution is 5.75. The SMILES string of the molecule is COc1ccc(CCN(CC(N)=O)C2CCNCC2)cc1. The number of benzene rings is 1. The molecule has 0 radical (unpaired) electrons. The lowest BCUT2D eigenvalue weighted by Crippen LogP contribution is -2.47. The quantitative estimate of drug-likeness (QED) is 0.779. The van der Waals surface area contributed by atoms with E-state index in [2.05, 4.69) is 22.3 Å². The maximum absolute atomic E-state index is 11.3. The second-order valence-corrected chi connectivity index (χ2v) is 5.52. The van der Waals surface area contributed by atoms with E-state index in [1.165, 1.54) is 5.56 Å². The molecule has 21 heavy (non-hydrogen) atoms. The Morgan fingerprint density at radius 3 is 2.57 bits per heavy atom. The van der Waals surface area contributed by atoms with Gasteiger partial charge in [-0.3, -0.25) is 9.69 Å². The van der Waals surface area contributed by atoms with Crippen molar-refractivity contribution < 1.29 is 9.53 Å². The number of methoxy groups -OCH3 is 1. The highest BCUT2D eigenvalue weighted by Gasteiger charge is 2.21. The van der Waals surface area contributed by atoms with Gasteiger partial charge < -0.3 is 15.8 Å². The first-order valence-electron chi connectivity index (χ1n) is 7.55. The predicted molar refractivity (Wildman–Crippen MR) is 83.4 cm³/mol.